The van der Waals surface area contributed by atoms with E-state index in [-0.39, 0.29) is 0 Å². The van der Waals surface area contributed by atoms with E-state index in [1.807, 2.05) is 24.3 Å². The fraction of sp³-hybridized carbons (Fsp3) is 0.250. The minimum absolute atomic E-state index is 0.354. The molecule has 0 aliphatic carbocycles. The van der Waals surface area contributed by atoms with Crippen LogP contribution >= 0.6 is 0 Å². The molecular weight excluding hydrogens is 264 g/mol. The molecule has 1 aromatic carbocycles. The van der Waals surface area contributed by atoms with Crippen LogP contribution in [0.3, 0.4) is 0 Å². The molecule has 0 aliphatic heterocycles. The summed E-state index contributed by atoms with van der Waals surface area (Å²) in [5.74, 6) is 1.06. The molecule has 1 aromatic heterocycles. The number of hydrogen-bond donors (Lipinski definition) is 2. The van der Waals surface area contributed by atoms with Crippen LogP contribution in [0.15, 0.2) is 47.6 Å². The van der Waals surface area contributed by atoms with E-state index in [1.54, 1.807) is 13.3 Å². The van der Waals surface area contributed by atoms with Crippen LogP contribution in [-0.4, -0.2) is 18.1 Å². The number of guanidine groups is 1. The van der Waals surface area contributed by atoms with Crippen molar-refractivity contribution >= 4 is 11.6 Å². The number of nitrogens with zero attached hydrogens (tertiary/aromatic N) is 2. The molecule has 0 fully saturated rings. The zero-order valence-corrected chi connectivity index (χ0v) is 12.3. The third-order valence-electron chi connectivity index (χ3n) is 3.10. The number of pyridine rings is 1. The predicted octanol–water partition coefficient (Wildman–Crippen LogP) is 2.58. The molecule has 3 N–H and O–H groups in total. The van der Waals surface area contributed by atoms with E-state index in [0.29, 0.717) is 18.3 Å². The van der Waals surface area contributed by atoms with Gasteiger partial charge in [0, 0.05) is 11.9 Å². The number of methoxy groups -OCH3 is 1. The van der Waals surface area contributed by atoms with Gasteiger partial charge in [-0.25, -0.2) is 4.99 Å². The van der Waals surface area contributed by atoms with Crippen molar-refractivity contribution in [1.29, 1.82) is 0 Å². The molecule has 0 saturated heterocycles. The number of anilines is 1. The van der Waals surface area contributed by atoms with Gasteiger partial charge in [0.25, 0.3) is 0 Å². The Labute approximate surface area is 124 Å². The number of aliphatic imine (C=N–C) groups is 1. The lowest BCUT2D eigenvalue weighted by Crippen LogP contribution is -2.22. The molecule has 21 heavy (non-hydrogen) atoms. The van der Waals surface area contributed by atoms with E-state index in [1.165, 1.54) is 5.56 Å². The van der Waals surface area contributed by atoms with Gasteiger partial charge in [0.1, 0.15) is 11.4 Å². The van der Waals surface area contributed by atoms with Gasteiger partial charge in [-0.3, -0.25) is 4.98 Å². The maximum absolute atomic E-state index is 5.89. The topological polar surface area (TPSA) is 72.5 Å². The molecule has 0 radical (unpaired) electrons. The molecule has 0 spiro atoms. The van der Waals surface area contributed by atoms with Crippen molar-refractivity contribution in [1.82, 2.24) is 4.98 Å². The first kappa shape index (κ1) is 14.8. The largest absolute Gasteiger partial charge is 0.495 e. The van der Waals surface area contributed by atoms with Gasteiger partial charge in [0.05, 0.1) is 13.7 Å². The van der Waals surface area contributed by atoms with Crippen molar-refractivity contribution in [3.8, 4) is 5.75 Å². The zero-order valence-electron chi connectivity index (χ0n) is 12.3. The minimum atomic E-state index is 0.354. The van der Waals surface area contributed by atoms with Crippen LogP contribution in [0.4, 0.5) is 5.69 Å². The molecule has 0 unspecified atom stereocenters. The number of ether oxygens (including phenoxy) is 1. The third kappa shape index (κ3) is 4.21. The van der Waals surface area contributed by atoms with Crippen molar-refractivity contribution in [3.05, 3.63) is 53.9 Å². The summed E-state index contributed by atoms with van der Waals surface area (Å²) in [5.41, 5.74) is 8.85. The van der Waals surface area contributed by atoms with Crippen LogP contribution in [0.2, 0.25) is 0 Å². The molecule has 0 amide bonds. The highest BCUT2D eigenvalue weighted by molar-refractivity contribution is 5.92. The highest BCUT2D eigenvalue weighted by Crippen LogP contribution is 2.15. The second kappa shape index (κ2) is 7.28. The van der Waals surface area contributed by atoms with Crippen molar-refractivity contribution < 1.29 is 4.74 Å². The molecule has 2 aromatic rings. The monoisotopic (exact) mass is 284 g/mol. The number of aryl methyl sites for hydroxylation is 1. The first-order valence-electron chi connectivity index (χ1n) is 6.86. The molecule has 0 bridgehead atoms. The van der Waals surface area contributed by atoms with Gasteiger partial charge in [0.2, 0.25) is 0 Å². The third-order valence-corrected chi connectivity index (χ3v) is 3.10. The lowest BCUT2D eigenvalue weighted by Gasteiger charge is -2.07. The summed E-state index contributed by atoms with van der Waals surface area (Å²) in [6, 6.07) is 11.8. The van der Waals surface area contributed by atoms with Gasteiger partial charge >= 0.3 is 0 Å². The van der Waals surface area contributed by atoms with E-state index >= 15 is 0 Å². The highest BCUT2D eigenvalue weighted by atomic mass is 16.5. The molecule has 0 atom stereocenters. The number of hydrogen-bond acceptors (Lipinski definition) is 3. The average Bonchev–Trinajstić information content (AvgIpc) is 2.54. The Morgan fingerprint density at radius 3 is 2.71 bits per heavy atom. The maximum Gasteiger partial charge on any atom is 0.193 e. The summed E-state index contributed by atoms with van der Waals surface area (Å²) in [5, 5.41) is 3.06. The Morgan fingerprint density at radius 2 is 2.05 bits per heavy atom. The van der Waals surface area contributed by atoms with Crippen molar-refractivity contribution in [2.45, 2.75) is 19.9 Å². The summed E-state index contributed by atoms with van der Waals surface area (Å²) in [4.78, 5) is 8.52. The molecule has 5 heteroatoms. The smallest absolute Gasteiger partial charge is 0.193 e. The summed E-state index contributed by atoms with van der Waals surface area (Å²) >= 11 is 0. The Hall–Kier alpha value is -2.56. The van der Waals surface area contributed by atoms with Crippen LogP contribution in [0.1, 0.15) is 18.2 Å². The number of benzene rings is 1. The second-order valence-corrected chi connectivity index (χ2v) is 4.53. The van der Waals surface area contributed by atoms with Gasteiger partial charge in [-0.05, 0) is 36.2 Å². The molecule has 110 valence electrons. The molecule has 5 nitrogen and oxygen atoms in total. The molecule has 0 aliphatic rings. The predicted molar refractivity (Wildman–Crippen MR) is 85.6 cm³/mol. The molecule has 0 saturated carbocycles. The standard InChI is InChI=1S/C16H20N4O/c1-3-12-6-8-13(9-7-12)20-16(17)19-11-14-15(21-2)5-4-10-18-14/h4-10H,3,11H2,1-2H3,(H3,17,19,20). The fourth-order valence-corrected chi connectivity index (χ4v) is 1.90. The van der Waals surface area contributed by atoms with Crippen LogP contribution in [0.25, 0.3) is 0 Å². The van der Waals surface area contributed by atoms with Gasteiger partial charge in [-0.15, -0.1) is 0 Å². The van der Waals surface area contributed by atoms with Crippen molar-refractivity contribution in [2.24, 2.45) is 10.7 Å². The highest BCUT2D eigenvalue weighted by Gasteiger charge is 2.02. The van der Waals surface area contributed by atoms with E-state index in [4.69, 9.17) is 10.5 Å². The first-order valence-corrected chi connectivity index (χ1v) is 6.86. The maximum atomic E-state index is 5.89. The van der Waals surface area contributed by atoms with Crippen molar-refractivity contribution in [2.75, 3.05) is 12.4 Å². The van der Waals surface area contributed by atoms with Gasteiger partial charge < -0.3 is 15.8 Å². The van der Waals surface area contributed by atoms with E-state index in [9.17, 15) is 0 Å². The van der Waals surface area contributed by atoms with Gasteiger partial charge in [0.15, 0.2) is 5.96 Å². The number of nitrogens with two attached hydrogens (primary N) is 1. The Bertz CT molecular complexity index is 608. The minimum Gasteiger partial charge on any atom is -0.495 e. The Kier molecular flexibility index (Phi) is 5.15. The Balaban J connectivity index is 2.00. The summed E-state index contributed by atoms with van der Waals surface area (Å²) in [6.45, 7) is 2.49. The first-order chi connectivity index (χ1) is 10.2. The molecular formula is C16H20N4O. The molecule has 2 rings (SSSR count). The van der Waals surface area contributed by atoms with E-state index in [2.05, 4.69) is 34.3 Å². The number of aromatic nitrogens is 1. The fourth-order valence-electron chi connectivity index (χ4n) is 1.90. The normalized spacial score (nSPS) is 11.2. The van der Waals surface area contributed by atoms with E-state index in [0.717, 1.165) is 17.8 Å². The number of rotatable bonds is 5. The summed E-state index contributed by atoms with van der Waals surface area (Å²) in [6.07, 6.45) is 2.73. The van der Waals surface area contributed by atoms with Gasteiger partial charge in [-0.1, -0.05) is 19.1 Å². The van der Waals surface area contributed by atoms with Crippen LogP contribution < -0.4 is 15.8 Å². The zero-order chi connectivity index (χ0) is 15.1. The summed E-state index contributed by atoms with van der Waals surface area (Å²) < 4.78 is 5.23. The summed E-state index contributed by atoms with van der Waals surface area (Å²) in [7, 11) is 1.61. The van der Waals surface area contributed by atoms with E-state index < -0.39 is 0 Å². The molecule has 1 heterocycles. The van der Waals surface area contributed by atoms with Crippen molar-refractivity contribution in [3.63, 3.8) is 0 Å². The lowest BCUT2D eigenvalue weighted by atomic mass is 10.1. The lowest BCUT2D eigenvalue weighted by molar-refractivity contribution is 0.407. The van der Waals surface area contributed by atoms with Gasteiger partial charge in [-0.2, -0.15) is 0 Å². The second-order valence-electron chi connectivity index (χ2n) is 4.53. The van der Waals surface area contributed by atoms with Crippen LogP contribution in [0.5, 0.6) is 5.75 Å². The Morgan fingerprint density at radius 1 is 1.29 bits per heavy atom. The average molecular weight is 284 g/mol. The SMILES string of the molecule is CCc1ccc(NC(N)=NCc2ncccc2OC)cc1. The van der Waals surface area contributed by atoms with Crippen LogP contribution in [0, 0.1) is 0 Å². The van der Waals surface area contributed by atoms with Crippen LogP contribution in [-0.2, 0) is 13.0 Å². The number of nitrogens with one attached hydrogen (secondary N) is 1. The quantitative estimate of drug-likeness (QED) is 0.654.